The van der Waals surface area contributed by atoms with E-state index in [2.05, 4.69) is 12.2 Å². The first-order valence-electron chi connectivity index (χ1n) is 12.1. The van der Waals surface area contributed by atoms with Gasteiger partial charge in [0.05, 0.1) is 5.41 Å². The third kappa shape index (κ3) is 6.67. The van der Waals surface area contributed by atoms with Gasteiger partial charge in [-0.1, -0.05) is 48.9 Å². The Labute approximate surface area is 216 Å². The minimum atomic E-state index is -1.01. The van der Waals surface area contributed by atoms with Crippen molar-refractivity contribution in [2.45, 2.75) is 32.7 Å². The van der Waals surface area contributed by atoms with Gasteiger partial charge >= 0.3 is 12.1 Å². The fourth-order valence-electron chi connectivity index (χ4n) is 4.24. The largest absolute Gasteiger partial charge is 0.448 e. The fraction of sp³-hybridized carbons (Fsp3) is 0.423. The molecule has 10 heteroatoms. The van der Waals surface area contributed by atoms with Crippen LogP contribution in [-0.4, -0.2) is 55.7 Å². The molecule has 3 rings (SSSR count). The van der Waals surface area contributed by atoms with Crippen molar-refractivity contribution in [2.24, 2.45) is 16.9 Å². The lowest BCUT2D eigenvalue weighted by atomic mass is 9.78. The monoisotopic (exact) mass is 515 g/mol. The number of benzene rings is 2. The zero-order valence-electron chi connectivity index (χ0n) is 20.5. The quantitative estimate of drug-likeness (QED) is 0.471. The number of rotatable bonds is 9. The van der Waals surface area contributed by atoms with Crippen LogP contribution in [0.4, 0.5) is 15.3 Å². The Hall–Kier alpha value is -3.30. The molecule has 1 saturated heterocycles. The molecular formula is C26H34ClN5O4. The Morgan fingerprint density at radius 3 is 2.36 bits per heavy atom. The van der Waals surface area contributed by atoms with E-state index in [4.69, 9.17) is 27.8 Å². The third-order valence-electron chi connectivity index (χ3n) is 6.61. The van der Waals surface area contributed by atoms with Crippen LogP contribution in [0.3, 0.4) is 0 Å². The summed E-state index contributed by atoms with van der Waals surface area (Å²) in [5.41, 5.74) is 12.8. The summed E-state index contributed by atoms with van der Waals surface area (Å²) in [4.78, 5) is 41.1. The smallest absolute Gasteiger partial charge is 0.414 e. The summed E-state index contributed by atoms with van der Waals surface area (Å²) < 4.78 is 5.71. The maximum absolute atomic E-state index is 13.4. The van der Waals surface area contributed by atoms with Gasteiger partial charge in [-0.05, 0) is 48.6 Å². The molecule has 1 aliphatic rings. The third-order valence-corrected chi connectivity index (χ3v) is 6.98. The SMILES string of the molecule is CCc1ccc(N(CCN)C(=O)OCC2(C(=O)NCc3ccccc3Cl)CCN(C(N)=O)CC2)cc1. The van der Waals surface area contributed by atoms with Crippen LogP contribution in [0.2, 0.25) is 5.02 Å². The lowest BCUT2D eigenvalue weighted by Crippen LogP contribution is -2.53. The van der Waals surface area contributed by atoms with E-state index in [1.165, 1.54) is 9.80 Å². The molecule has 0 saturated carbocycles. The Morgan fingerprint density at radius 2 is 1.78 bits per heavy atom. The van der Waals surface area contributed by atoms with E-state index in [1.54, 1.807) is 6.07 Å². The standard InChI is InChI=1S/C26H34ClN5O4/c1-2-19-7-9-21(10-8-19)32(16-13-28)25(35)36-18-26(11-14-31(15-12-26)24(29)34)23(33)30-17-20-5-3-4-6-22(20)27/h3-10H,2,11-18,28H2,1H3,(H2,29,34)(H,30,33). The van der Waals surface area contributed by atoms with Gasteiger partial charge in [0.1, 0.15) is 6.61 Å². The number of hydrogen-bond donors (Lipinski definition) is 3. The lowest BCUT2D eigenvalue weighted by molar-refractivity contribution is -0.136. The average Bonchev–Trinajstić information content (AvgIpc) is 2.90. The minimum absolute atomic E-state index is 0.138. The molecule has 0 spiro atoms. The highest BCUT2D eigenvalue weighted by Gasteiger charge is 2.43. The van der Waals surface area contributed by atoms with Crippen molar-refractivity contribution in [3.8, 4) is 0 Å². The number of nitrogens with zero attached hydrogens (tertiary/aromatic N) is 2. The molecule has 1 fully saturated rings. The summed E-state index contributed by atoms with van der Waals surface area (Å²) in [6.45, 7) is 3.25. The van der Waals surface area contributed by atoms with Gasteiger partial charge in [0.25, 0.3) is 0 Å². The number of carbonyl (C=O) groups excluding carboxylic acids is 3. The van der Waals surface area contributed by atoms with Crippen molar-refractivity contribution in [3.63, 3.8) is 0 Å². The van der Waals surface area contributed by atoms with Crippen LogP contribution < -0.4 is 21.7 Å². The predicted molar refractivity (Wildman–Crippen MR) is 140 cm³/mol. The number of anilines is 1. The van der Waals surface area contributed by atoms with Gasteiger partial charge in [-0.15, -0.1) is 0 Å². The first-order valence-corrected chi connectivity index (χ1v) is 12.5. The summed E-state index contributed by atoms with van der Waals surface area (Å²) in [5, 5.41) is 3.48. The van der Waals surface area contributed by atoms with Gasteiger partial charge in [-0.3, -0.25) is 9.69 Å². The van der Waals surface area contributed by atoms with E-state index in [0.29, 0.717) is 23.6 Å². The maximum Gasteiger partial charge on any atom is 0.414 e. The zero-order valence-corrected chi connectivity index (χ0v) is 21.3. The first-order chi connectivity index (χ1) is 17.3. The summed E-state index contributed by atoms with van der Waals surface area (Å²) in [6, 6.07) is 14.3. The van der Waals surface area contributed by atoms with Crippen LogP contribution in [0.1, 0.15) is 30.9 Å². The van der Waals surface area contributed by atoms with E-state index in [1.807, 2.05) is 42.5 Å². The highest BCUT2D eigenvalue weighted by Crippen LogP contribution is 2.33. The first kappa shape index (κ1) is 27.3. The topological polar surface area (TPSA) is 131 Å². The van der Waals surface area contributed by atoms with Crippen LogP contribution >= 0.6 is 11.6 Å². The Balaban J connectivity index is 1.74. The van der Waals surface area contributed by atoms with E-state index in [-0.39, 0.29) is 45.2 Å². The average molecular weight is 516 g/mol. The lowest BCUT2D eigenvalue weighted by Gasteiger charge is -2.39. The fourth-order valence-corrected chi connectivity index (χ4v) is 4.44. The Bertz CT molecular complexity index is 1050. The van der Waals surface area contributed by atoms with Gasteiger partial charge in [-0.2, -0.15) is 0 Å². The van der Waals surface area contributed by atoms with Crippen LogP contribution in [0.15, 0.2) is 48.5 Å². The number of piperidine rings is 1. The predicted octanol–water partition coefficient (Wildman–Crippen LogP) is 3.28. The molecule has 0 aromatic heterocycles. The number of primary amides is 1. The van der Waals surface area contributed by atoms with Crippen LogP contribution in [0, 0.1) is 5.41 Å². The highest BCUT2D eigenvalue weighted by molar-refractivity contribution is 6.31. The number of urea groups is 1. The molecule has 0 radical (unpaired) electrons. The number of aryl methyl sites for hydroxylation is 1. The second-order valence-electron chi connectivity index (χ2n) is 8.89. The number of halogens is 1. The van der Waals surface area contributed by atoms with E-state index < -0.39 is 17.5 Å². The summed E-state index contributed by atoms with van der Waals surface area (Å²) in [5.74, 6) is -0.267. The maximum atomic E-state index is 13.4. The Morgan fingerprint density at radius 1 is 1.11 bits per heavy atom. The molecule has 1 aliphatic heterocycles. The van der Waals surface area contributed by atoms with Crippen molar-refractivity contribution in [1.29, 1.82) is 0 Å². The highest BCUT2D eigenvalue weighted by atomic mass is 35.5. The van der Waals surface area contributed by atoms with Gasteiger partial charge in [0.2, 0.25) is 5.91 Å². The van der Waals surface area contributed by atoms with Gasteiger partial charge in [-0.25, -0.2) is 9.59 Å². The van der Waals surface area contributed by atoms with E-state index in [0.717, 1.165) is 17.5 Å². The zero-order chi connectivity index (χ0) is 26.1. The molecule has 2 aromatic carbocycles. The molecular weight excluding hydrogens is 482 g/mol. The number of amides is 4. The van der Waals surface area contributed by atoms with Crippen molar-refractivity contribution in [2.75, 3.05) is 37.7 Å². The van der Waals surface area contributed by atoms with Crippen molar-refractivity contribution in [1.82, 2.24) is 10.2 Å². The van der Waals surface area contributed by atoms with Crippen molar-refractivity contribution >= 4 is 35.3 Å². The molecule has 194 valence electrons. The second-order valence-corrected chi connectivity index (χ2v) is 9.30. The second kappa shape index (κ2) is 12.6. The molecule has 0 aliphatic carbocycles. The molecule has 5 N–H and O–H groups in total. The number of nitrogens with two attached hydrogens (primary N) is 2. The summed E-state index contributed by atoms with van der Waals surface area (Å²) >= 11 is 6.23. The van der Waals surface area contributed by atoms with Crippen LogP contribution in [0.5, 0.6) is 0 Å². The van der Waals surface area contributed by atoms with E-state index >= 15 is 0 Å². The van der Waals surface area contributed by atoms with E-state index in [9.17, 15) is 14.4 Å². The number of nitrogens with one attached hydrogen (secondary N) is 1. The molecule has 2 aromatic rings. The van der Waals surface area contributed by atoms with Gasteiger partial charge in [0.15, 0.2) is 0 Å². The number of carbonyl (C=O) groups is 3. The molecule has 9 nitrogen and oxygen atoms in total. The summed E-state index contributed by atoms with van der Waals surface area (Å²) in [6.07, 6.45) is 0.912. The molecule has 4 amide bonds. The molecule has 0 bridgehead atoms. The normalized spacial score (nSPS) is 14.7. The minimum Gasteiger partial charge on any atom is -0.448 e. The van der Waals surface area contributed by atoms with Gasteiger partial charge in [0, 0.05) is 43.4 Å². The Kier molecular flexibility index (Phi) is 9.55. The number of ether oxygens (including phenoxy) is 1. The molecule has 36 heavy (non-hydrogen) atoms. The van der Waals surface area contributed by atoms with Crippen LogP contribution in [-0.2, 0) is 22.5 Å². The number of likely N-dealkylation sites (tertiary alicyclic amines) is 1. The number of hydrogen-bond acceptors (Lipinski definition) is 5. The molecule has 0 atom stereocenters. The van der Waals surface area contributed by atoms with Gasteiger partial charge < -0.3 is 26.4 Å². The van der Waals surface area contributed by atoms with Crippen molar-refractivity contribution < 1.29 is 19.1 Å². The molecule has 0 unspecified atom stereocenters. The van der Waals surface area contributed by atoms with Crippen LogP contribution in [0.25, 0.3) is 0 Å². The van der Waals surface area contributed by atoms with Crippen molar-refractivity contribution in [3.05, 3.63) is 64.7 Å². The summed E-state index contributed by atoms with van der Waals surface area (Å²) in [7, 11) is 0. The molecule has 1 heterocycles.